The van der Waals surface area contributed by atoms with E-state index in [-0.39, 0.29) is 25.2 Å². The molecular formula is C15H19NO5. The Morgan fingerprint density at radius 2 is 1.86 bits per heavy atom. The number of aryl methyl sites for hydroxylation is 1. The zero-order chi connectivity index (χ0) is 15.7. The molecule has 0 heterocycles. The molecule has 2 N–H and O–H groups in total. The average Bonchev–Trinajstić information content (AvgIpc) is 2.49. The number of carbonyl (C=O) groups excluding carboxylic acids is 2. The molecule has 1 rings (SSSR count). The van der Waals surface area contributed by atoms with Gasteiger partial charge >= 0.3 is 11.9 Å². The quantitative estimate of drug-likeness (QED) is 0.701. The minimum Gasteiger partial charge on any atom is -0.480 e. The number of methoxy groups -OCH3 is 1. The molecule has 1 aromatic rings. The second kappa shape index (κ2) is 8.73. The lowest BCUT2D eigenvalue weighted by molar-refractivity contribution is -0.144. The molecule has 1 amide bonds. The molecule has 0 bridgehead atoms. The van der Waals surface area contributed by atoms with Crippen molar-refractivity contribution in [1.82, 2.24) is 5.32 Å². The highest BCUT2D eigenvalue weighted by Crippen LogP contribution is 2.04. The number of ether oxygens (including phenoxy) is 1. The first kappa shape index (κ1) is 16.7. The second-order valence-corrected chi connectivity index (χ2v) is 4.56. The number of aliphatic carboxylic acids is 1. The summed E-state index contributed by atoms with van der Waals surface area (Å²) in [6.07, 6.45) is 0.702. The van der Waals surface area contributed by atoms with E-state index in [0.717, 1.165) is 5.56 Å². The minimum atomic E-state index is -1.16. The first-order valence-electron chi connectivity index (χ1n) is 6.66. The zero-order valence-corrected chi connectivity index (χ0v) is 11.9. The predicted octanol–water partition coefficient (Wildman–Crippen LogP) is 1.14. The van der Waals surface area contributed by atoms with Crippen molar-refractivity contribution in [3.05, 3.63) is 35.9 Å². The fourth-order valence-corrected chi connectivity index (χ4v) is 1.79. The van der Waals surface area contributed by atoms with Crippen molar-refractivity contribution < 1.29 is 24.2 Å². The van der Waals surface area contributed by atoms with Gasteiger partial charge in [0.1, 0.15) is 6.04 Å². The van der Waals surface area contributed by atoms with Gasteiger partial charge in [-0.15, -0.1) is 0 Å². The summed E-state index contributed by atoms with van der Waals surface area (Å²) in [6, 6.07) is 8.37. The Labute approximate surface area is 123 Å². The van der Waals surface area contributed by atoms with Crippen LogP contribution in [0.2, 0.25) is 0 Å². The Bertz CT molecular complexity index is 486. The largest absolute Gasteiger partial charge is 0.480 e. The topological polar surface area (TPSA) is 92.7 Å². The van der Waals surface area contributed by atoms with E-state index < -0.39 is 18.0 Å². The van der Waals surface area contributed by atoms with E-state index in [9.17, 15) is 14.4 Å². The van der Waals surface area contributed by atoms with Crippen LogP contribution in [0.1, 0.15) is 24.8 Å². The second-order valence-electron chi connectivity index (χ2n) is 4.56. The van der Waals surface area contributed by atoms with Crippen molar-refractivity contribution in [2.75, 3.05) is 7.11 Å². The number of esters is 1. The van der Waals surface area contributed by atoms with Gasteiger partial charge in [-0.2, -0.15) is 0 Å². The first-order chi connectivity index (χ1) is 10.0. The van der Waals surface area contributed by atoms with Crippen LogP contribution in [0.25, 0.3) is 0 Å². The van der Waals surface area contributed by atoms with Crippen LogP contribution in [0.15, 0.2) is 30.3 Å². The van der Waals surface area contributed by atoms with Crippen molar-refractivity contribution in [1.29, 1.82) is 0 Å². The van der Waals surface area contributed by atoms with Crippen LogP contribution < -0.4 is 5.32 Å². The normalized spacial score (nSPS) is 11.5. The minimum absolute atomic E-state index is 0.0130. The SMILES string of the molecule is COC(=O)CC[C@@H](NC(=O)CCc1ccccc1)C(=O)O. The molecule has 0 saturated heterocycles. The zero-order valence-electron chi connectivity index (χ0n) is 11.9. The molecule has 0 aliphatic heterocycles. The summed E-state index contributed by atoms with van der Waals surface area (Å²) < 4.78 is 4.45. The standard InChI is InChI=1S/C15H19NO5/c1-21-14(18)10-8-12(15(19)20)16-13(17)9-7-11-5-3-2-4-6-11/h2-6,12H,7-10H2,1H3,(H,16,17)(H,19,20)/t12-/m1/s1. The molecule has 6 heteroatoms. The van der Waals surface area contributed by atoms with E-state index >= 15 is 0 Å². The number of benzene rings is 1. The number of hydrogen-bond acceptors (Lipinski definition) is 4. The van der Waals surface area contributed by atoms with Gasteiger partial charge in [0.15, 0.2) is 0 Å². The molecule has 114 valence electrons. The summed E-state index contributed by atoms with van der Waals surface area (Å²) in [5, 5.41) is 11.4. The van der Waals surface area contributed by atoms with Gasteiger partial charge in [-0.1, -0.05) is 30.3 Å². The van der Waals surface area contributed by atoms with E-state index in [1.807, 2.05) is 30.3 Å². The number of carboxylic acid groups (broad SMARTS) is 1. The van der Waals surface area contributed by atoms with Gasteiger partial charge in [0.25, 0.3) is 0 Å². The molecule has 0 saturated carbocycles. The average molecular weight is 293 g/mol. The highest BCUT2D eigenvalue weighted by molar-refractivity contribution is 5.84. The van der Waals surface area contributed by atoms with Crippen molar-refractivity contribution >= 4 is 17.8 Å². The molecule has 0 unspecified atom stereocenters. The van der Waals surface area contributed by atoms with Crippen molar-refractivity contribution in [2.45, 2.75) is 31.7 Å². The molecule has 0 aliphatic rings. The van der Waals surface area contributed by atoms with Crippen LogP contribution in [0, 0.1) is 0 Å². The molecule has 0 radical (unpaired) electrons. The lowest BCUT2D eigenvalue weighted by atomic mass is 10.1. The number of hydrogen-bond donors (Lipinski definition) is 2. The van der Waals surface area contributed by atoms with Crippen molar-refractivity contribution in [3.63, 3.8) is 0 Å². The van der Waals surface area contributed by atoms with Gasteiger partial charge in [-0.3, -0.25) is 9.59 Å². The number of amides is 1. The van der Waals surface area contributed by atoms with Gasteiger partial charge in [0.2, 0.25) is 5.91 Å². The molecule has 0 spiro atoms. The van der Waals surface area contributed by atoms with E-state index in [2.05, 4.69) is 10.1 Å². The maximum Gasteiger partial charge on any atom is 0.326 e. The first-order valence-corrected chi connectivity index (χ1v) is 6.66. The number of rotatable bonds is 8. The smallest absolute Gasteiger partial charge is 0.326 e. The lowest BCUT2D eigenvalue weighted by Crippen LogP contribution is -2.41. The number of carboxylic acids is 1. The predicted molar refractivity (Wildman–Crippen MR) is 75.6 cm³/mol. The monoisotopic (exact) mass is 293 g/mol. The van der Waals surface area contributed by atoms with E-state index in [1.165, 1.54) is 7.11 Å². The lowest BCUT2D eigenvalue weighted by Gasteiger charge is -2.13. The van der Waals surface area contributed by atoms with Crippen LogP contribution >= 0.6 is 0 Å². The van der Waals surface area contributed by atoms with Crippen LogP contribution in [0.5, 0.6) is 0 Å². The Kier molecular flexibility index (Phi) is 6.94. The van der Waals surface area contributed by atoms with Crippen LogP contribution in [0.4, 0.5) is 0 Å². The van der Waals surface area contributed by atoms with Gasteiger partial charge in [0.05, 0.1) is 7.11 Å². The Balaban J connectivity index is 2.41. The highest BCUT2D eigenvalue weighted by Gasteiger charge is 2.20. The van der Waals surface area contributed by atoms with Gasteiger partial charge in [0, 0.05) is 12.8 Å². The van der Waals surface area contributed by atoms with Crippen LogP contribution in [-0.2, 0) is 25.5 Å². The molecule has 1 atom stereocenters. The van der Waals surface area contributed by atoms with E-state index in [0.29, 0.717) is 6.42 Å². The molecule has 21 heavy (non-hydrogen) atoms. The summed E-state index contributed by atoms with van der Waals surface area (Å²) in [7, 11) is 1.23. The van der Waals surface area contributed by atoms with E-state index in [4.69, 9.17) is 5.11 Å². The molecule has 6 nitrogen and oxygen atoms in total. The number of nitrogens with one attached hydrogen (secondary N) is 1. The maximum absolute atomic E-state index is 11.8. The molecule has 0 aliphatic carbocycles. The fraction of sp³-hybridized carbons (Fsp3) is 0.400. The number of carbonyl (C=O) groups is 3. The Hall–Kier alpha value is -2.37. The summed E-state index contributed by atoms with van der Waals surface area (Å²) in [6.45, 7) is 0. The highest BCUT2D eigenvalue weighted by atomic mass is 16.5. The molecule has 0 aromatic heterocycles. The summed E-state index contributed by atoms with van der Waals surface area (Å²) in [5.74, 6) is -2.01. The van der Waals surface area contributed by atoms with Crippen LogP contribution in [0.3, 0.4) is 0 Å². The van der Waals surface area contributed by atoms with Crippen molar-refractivity contribution in [3.8, 4) is 0 Å². The van der Waals surface area contributed by atoms with Crippen LogP contribution in [-0.4, -0.2) is 36.1 Å². The summed E-state index contributed by atoms with van der Waals surface area (Å²) in [4.78, 5) is 33.8. The third-order valence-electron chi connectivity index (χ3n) is 2.98. The summed E-state index contributed by atoms with van der Waals surface area (Å²) >= 11 is 0. The Morgan fingerprint density at radius 1 is 1.19 bits per heavy atom. The van der Waals surface area contributed by atoms with Gasteiger partial charge in [-0.25, -0.2) is 4.79 Å². The third-order valence-corrected chi connectivity index (χ3v) is 2.98. The fourth-order valence-electron chi connectivity index (χ4n) is 1.79. The molecule has 1 aromatic carbocycles. The third kappa shape index (κ3) is 6.56. The van der Waals surface area contributed by atoms with Crippen molar-refractivity contribution in [2.24, 2.45) is 0 Å². The van der Waals surface area contributed by atoms with E-state index in [1.54, 1.807) is 0 Å². The van der Waals surface area contributed by atoms with Gasteiger partial charge in [-0.05, 0) is 18.4 Å². The summed E-state index contributed by atoms with van der Waals surface area (Å²) in [5.41, 5.74) is 1.01. The molecule has 0 fully saturated rings. The Morgan fingerprint density at radius 3 is 2.43 bits per heavy atom. The maximum atomic E-state index is 11.8. The molecular weight excluding hydrogens is 274 g/mol. The van der Waals surface area contributed by atoms with Gasteiger partial charge < -0.3 is 15.2 Å².